The highest BCUT2D eigenvalue weighted by atomic mass is 16.2. The molecular weight excluding hydrogens is 266 g/mol. The highest BCUT2D eigenvalue weighted by Gasteiger charge is 2.09. The molecule has 5 nitrogen and oxygen atoms in total. The number of nitriles is 1. The van der Waals surface area contributed by atoms with Crippen LogP contribution in [0.25, 0.3) is 0 Å². The number of amides is 2. The molecule has 21 heavy (non-hydrogen) atoms. The Morgan fingerprint density at radius 2 is 1.86 bits per heavy atom. The molecule has 0 spiro atoms. The maximum atomic E-state index is 11.9. The van der Waals surface area contributed by atoms with Gasteiger partial charge in [0.15, 0.2) is 0 Å². The summed E-state index contributed by atoms with van der Waals surface area (Å²) in [6.07, 6.45) is 5.77. The number of benzene rings is 1. The van der Waals surface area contributed by atoms with Crippen LogP contribution in [0.15, 0.2) is 35.9 Å². The lowest BCUT2D eigenvalue weighted by Gasteiger charge is -2.07. The van der Waals surface area contributed by atoms with E-state index in [0.717, 1.165) is 25.7 Å². The predicted molar refractivity (Wildman–Crippen MR) is 80.5 cm³/mol. The maximum Gasteiger partial charge on any atom is 0.248 e. The molecule has 0 bridgehead atoms. The number of carbonyl (C=O) groups is 2. The van der Waals surface area contributed by atoms with Crippen LogP contribution in [0.3, 0.4) is 0 Å². The Labute approximate surface area is 123 Å². The number of nitrogens with zero attached hydrogens (tertiary/aromatic N) is 1. The van der Waals surface area contributed by atoms with Crippen molar-refractivity contribution in [2.24, 2.45) is 0 Å². The lowest BCUT2D eigenvalue weighted by atomic mass is 10.2. The molecule has 1 aliphatic carbocycles. The molecule has 0 saturated heterocycles. The van der Waals surface area contributed by atoms with Gasteiger partial charge in [-0.25, -0.2) is 0 Å². The zero-order valence-electron chi connectivity index (χ0n) is 11.7. The van der Waals surface area contributed by atoms with E-state index in [4.69, 9.17) is 5.26 Å². The van der Waals surface area contributed by atoms with E-state index >= 15 is 0 Å². The molecule has 0 unspecified atom stereocenters. The molecule has 2 N–H and O–H groups in total. The van der Waals surface area contributed by atoms with E-state index in [2.05, 4.69) is 10.6 Å². The Kier molecular flexibility index (Phi) is 5.10. The van der Waals surface area contributed by atoms with Gasteiger partial charge in [-0.1, -0.05) is 11.6 Å². The van der Waals surface area contributed by atoms with Gasteiger partial charge in [0.1, 0.15) is 6.42 Å². The molecule has 108 valence electrons. The average Bonchev–Trinajstić information content (AvgIpc) is 2.92. The summed E-state index contributed by atoms with van der Waals surface area (Å²) in [5, 5.41) is 13.8. The minimum atomic E-state index is -0.367. The molecule has 1 aromatic carbocycles. The van der Waals surface area contributed by atoms with Crippen molar-refractivity contribution in [3.05, 3.63) is 35.9 Å². The lowest BCUT2D eigenvalue weighted by molar-refractivity contribution is -0.115. The number of rotatable bonds is 4. The molecule has 0 radical (unpaired) electrons. The highest BCUT2D eigenvalue weighted by Crippen LogP contribution is 2.23. The standard InChI is InChI=1S/C16H17N3O2/c17-9-8-15(20)18-13-6-3-7-14(11-13)19-16(21)10-12-4-1-2-5-12/h3,6-7,10-11H,1-2,4-5,8H2,(H,18,20)(H,19,21). The van der Waals surface area contributed by atoms with Crippen LogP contribution in [0, 0.1) is 11.3 Å². The van der Waals surface area contributed by atoms with Crippen molar-refractivity contribution in [1.29, 1.82) is 5.26 Å². The van der Waals surface area contributed by atoms with E-state index in [0.29, 0.717) is 11.4 Å². The van der Waals surface area contributed by atoms with Crippen LogP contribution in [-0.2, 0) is 9.59 Å². The van der Waals surface area contributed by atoms with Crippen molar-refractivity contribution in [3.63, 3.8) is 0 Å². The maximum absolute atomic E-state index is 11.9. The number of hydrogen-bond donors (Lipinski definition) is 2. The van der Waals surface area contributed by atoms with Gasteiger partial charge in [0.2, 0.25) is 11.8 Å². The fourth-order valence-corrected chi connectivity index (χ4v) is 2.29. The fourth-order valence-electron chi connectivity index (χ4n) is 2.29. The van der Waals surface area contributed by atoms with Crippen molar-refractivity contribution in [1.82, 2.24) is 0 Å². The molecule has 0 heterocycles. The minimum absolute atomic E-state index is 0.146. The molecule has 5 heteroatoms. The van der Waals surface area contributed by atoms with E-state index in [1.807, 2.05) is 0 Å². The number of allylic oxidation sites excluding steroid dienone is 1. The van der Waals surface area contributed by atoms with Gasteiger partial charge in [-0.05, 0) is 43.9 Å². The monoisotopic (exact) mass is 283 g/mol. The predicted octanol–water partition coefficient (Wildman–Crippen LogP) is 2.98. The van der Waals surface area contributed by atoms with E-state index in [9.17, 15) is 9.59 Å². The van der Waals surface area contributed by atoms with Crippen LogP contribution < -0.4 is 10.6 Å². The zero-order valence-corrected chi connectivity index (χ0v) is 11.7. The van der Waals surface area contributed by atoms with Crippen molar-refractivity contribution >= 4 is 23.2 Å². The summed E-state index contributed by atoms with van der Waals surface area (Å²) in [5.74, 6) is -0.513. The molecule has 2 rings (SSSR count). The number of anilines is 2. The van der Waals surface area contributed by atoms with Crippen LogP contribution in [0.5, 0.6) is 0 Å². The first-order valence-electron chi connectivity index (χ1n) is 6.94. The lowest BCUT2D eigenvalue weighted by Crippen LogP contribution is -2.12. The highest BCUT2D eigenvalue weighted by molar-refractivity contribution is 6.00. The van der Waals surface area contributed by atoms with Crippen LogP contribution >= 0.6 is 0 Å². The topological polar surface area (TPSA) is 82.0 Å². The summed E-state index contributed by atoms with van der Waals surface area (Å²) in [6.45, 7) is 0. The second-order valence-electron chi connectivity index (χ2n) is 4.96. The smallest absolute Gasteiger partial charge is 0.248 e. The normalized spacial score (nSPS) is 13.4. The Morgan fingerprint density at radius 3 is 2.52 bits per heavy atom. The van der Waals surface area contributed by atoms with Gasteiger partial charge in [0.25, 0.3) is 0 Å². The summed E-state index contributed by atoms with van der Waals surface area (Å²) in [5.41, 5.74) is 2.36. The summed E-state index contributed by atoms with van der Waals surface area (Å²) >= 11 is 0. The van der Waals surface area contributed by atoms with E-state index < -0.39 is 0 Å². The van der Waals surface area contributed by atoms with Gasteiger partial charge in [0.05, 0.1) is 6.07 Å². The van der Waals surface area contributed by atoms with E-state index in [1.165, 1.54) is 5.57 Å². The average molecular weight is 283 g/mol. The SMILES string of the molecule is N#CCC(=O)Nc1cccc(NC(=O)C=C2CCCC2)c1. The molecule has 1 saturated carbocycles. The Balaban J connectivity index is 1.97. The van der Waals surface area contributed by atoms with Crippen LogP contribution in [0.2, 0.25) is 0 Å². The van der Waals surface area contributed by atoms with Gasteiger partial charge in [-0.3, -0.25) is 9.59 Å². The number of carbonyl (C=O) groups excluding carboxylic acids is 2. The zero-order chi connectivity index (χ0) is 15.1. The summed E-state index contributed by atoms with van der Waals surface area (Å²) in [4.78, 5) is 23.2. The van der Waals surface area contributed by atoms with Crippen molar-refractivity contribution in [2.45, 2.75) is 32.1 Å². The molecule has 2 amide bonds. The van der Waals surface area contributed by atoms with Gasteiger partial charge < -0.3 is 10.6 Å². The Morgan fingerprint density at radius 1 is 1.19 bits per heavy atom. The summed E-state index contributed by atoms with van der Waals surface area (Å²) in [6, 6.07) is 8.65. The third-order valence-electron chi connectivity index (χ3n) is 3.23. The van der Waals surface area contributed by atoms with Gasteiger partial charge in [-0.15, -0.1) is 0 Å². The second-order valence-corrected chi connectivity index (χ2v) is 4.96. The quantitative estimate of drug-likeness (QED) is 0.833. The third-order valence-corrected chi connectivity index (χ3v) is 3.23. The van der Waals surface area contributed by atoms with Crippen LogP contribution in [-0.4, -0.2) is 11.8 Å². The van der Waals surface area contributed by atoms with Crippen molar-refractivity contribution < 1.29 is 9.59 Å². The first kappa shape index (κ1) is 14.8. The Bertz CT molecular complexity index is 606. The fraction of sp³-hybridized carbons (Fsp3) is 0.312. The Hall–Kier alpha value is -2.61. The van der Waals surface area contributed by atoms with E-state index in [-0.39, 0.29) is 18.2 Å². The molecule has 1 fully saturated rings. The summed E-state index contributed by atoms with van der Waals surface area (Å²) in [7, 11) is 0. The summed E-state index contributed by atoms with van der Waals surface area (Å²) < 4.78 is 0. The second kappa shape index (κ2) is 7.25. The number of nitrogens with one attached hydrogen (secondary N) is 2. The van der Waals surface area contributed by atoms with E-state index in [1.54, 1.807) is 36.4 Å². The third kappa shape index (κ3) is 4.77. The molecule has 0 aliphatic heterocycles. The first-order chi connectivity index (χ1) is 10.2. The van der Waals surface area contributed by atoms with Gasteiger partial charge in [-0.2, -0.15) is 5.26 Å². The van der Waals surface area contributed by atoms with Crippen LogP contribution in [0.4, 0.5) is 11.4 Å². The molecular formula is C16H17N3O2. The molecule has 0 atom stereocenters. The molecule has 1 aliphatic rings. The molecule has 0 aromatic heterocycles. The minimum Gasteiger partial charge on any atom is -0.325 e. The molecule has 1 aromatic rings. The van der Waals surface area contributed by atoms with Gasteiger partial charge >= 0.3 is 0 Å². The number of hydrogen-bond acceptors (Lipinski definition) is 3. The van der Waals surface area contributed by atoms with Crippen LogP contribution in [0.1, 0.15) is 32.1 Å². The largest absolute Gasteiger partial charge is 0.325 e. The van der Waals surface area contributed by atoms with Crippen molar-refractivity contribution in [3.8, 4) is 6.07 Å². The van der Waals surface area contributed by atoms with Gasteiger partial charge in [0, 0.05) is 17.5 Å². The van der Waals surface area contributed by atoms with Crippen molar-refractivity contribution in [2.75, 3.05) is 10.6 Å². The first-order valence-corrected chi connectivity index (χ1v) is 6.94.